The van der Waals surface area contributed by atoms with Gasteiger partial charge in [-0.15, -0.1) is 0 Å². The van der Waals surface area contributed by atoms with Gasteiger partial charge in [0.15, 0.2) is 6.61 Å². The Morgan fingerprint density at radius 2 is 1.70 bits per heavy atom. The molecule has 122 valence electrons. The highest BCUT2D eigenvalue weighted by Gasteiger charge is 2.10. The molecule has 2 aromatic rings. The van der Waals surface area contributed by atoms with E-state index < -0.39 is 15.9 Å². The third kappa shape index (κ3) is 5.91. The lowest BCUT2D eigenvalue weighted by atomic mass is 10.2. The smallest absolute Gasteiger partial charge is 0.262 e. The number of amides is 1. The number of hydrogen-bond donors (Lipinski definition) is 2. The molecule has 0 aromatic heterocycles. The zero-order valence-corrected chi connectivity index (χ0v) is 14.6. The summed E-state index contributed by atoms with van der Waals surface area (Å²) in [5.41, 5.74) is 0.661. The monoisotopic (exact) mass is 398 g/mol. The molecular formula is C15H15BrN2O4S. The molecule has 2 N–H and O–H groups in total. The van der Waals surface area contributed by atoms with Crippen molar-refractivity contribution < 1.29 is 17.9 Å². The first-order valence-electron chi connectivity index (χ1n) is 6.58. The average Bonchev–Trinajstić information content (AvgIpc) is 2.47. The van der Waals surface area contributed by atoms with Gasteiger partial charge in [0.25, 0.3) is 5.91 Å². The van der Waals surface area contributed by atoms with E-state index in [0.717, 1.165) is 10.7 Å². The van der Waals surface area contributed by atoms with Crippen LogP contribution in [0.3, 0.4) is 0 Å². The summed E-state index contributed by atoms with van der Waals surface area (Å²) in [4.78, 5) is 11.9. The molecule has 1 amide bonds. The second kappa shape index (κ2) is 7.47. The fraction of sp³-hybridized carbons (Fsp3) is 0.133. The summed E-state index contributed by atoms with van der Waals surface area (Å²) in [6.07, 6.45) is 1.04. The van der Waals surface area contributed by atoms with Crippen LogP contribution in [0.25, 0.3) is 0 Å². The van der Waals surface area contributed by atoms with Crippen molar-refractivity contribution in [2.75, 3.05) is 22.9 Å². The van der Waals surface area contributed by atoms with Crippen LogP contribution in [0, 0.1) is 0 Å². The van der Waals surface area contributed by atoms with Gasteiger partial charge in [-0.3, -0.25) is 9.52 Å². The van der Waals surface area contributed by atoms with Crippen LogP contribution < -0.4 is 14.8 Å². The topological polar surface area (TPSA) is 84.5 Å². The Morgan fingerprint density at radius 3 is 2.30 bits per heavy atom. The quantitative estimate of drug-likeness (QED) is 0.783. The average molecular weight is 399 g/mol. The number of sulfonamides is 1. The van der Waals surface area contributed by atoms with Crippen LogP contribution in [0.4, 0.5) is 11.4 Å². The van der Waals surface area contributed by atoms with E-state index in [-0.39, 0.29) is 6.61 Å². The van der Waals surface area contributed by atoms with E-state index in [4.69, 9.17) is 4.74 Å². The second-order valence-corrected chi connectivity index (χ2v) is 7.37. The third-order valence-electron chi connectivity index (χ3n) is 2.68. The molecule has 0 heterocycles. The Balaban J connectivity index is 1.99. The first-order chi connectivity index (χ1) is 10.8. The number of hydrogen-bond acceptors (Lipinski definition) is 4. The maximum absolute atomic E-state index is 11.9. The van der Waals surface area contributed by atoms with Crippen molar-refractivity contribution in [1.82, 2.24) is 0 Å². The highest BCUT2D eigenvalue weighted by molar-refractivity contribution is 9.10. The van der Waals surface area contributed by atoms with Crippen molar-refractivity contribution in [2.45, 2.75) is 0 Å². The predicted octanol–water partition coefficient (Wildman–Crippen LogP) is 2.84. The largest absolute Gasteiger partial charge is 0.484 e. The van der Waals surface area contributed by atoms with E-state index in [9.17, 15) is 13.2 Å². The molecule has 0 saturated carbocycles. The molecule has 8 heteroatoms. The van der Waals surface area contributed by atoms with E-state index in [1.54, 1.807) is 48.5 Å². The summed E-state index contributed by atoms with van der Waals surface area (Å²) in [6, 6.07) is 13.6. The molecule has 2 aromatic carbocycles. The maximum atomic E-state index is 11.9. The summed E-state index contributed by atoms with van der Waals surface area (Å²) in [6.45, 7) is -0.186. The van der Waals surface area contributed by atoms with Gasteiger partial charge >= 0.3 is 0 Å². The standard InChI is InChI=1S/C15H15BrN2O4S/c1-23(20,21)18-14-5-3-2-4-13(14)17-15(19)10-22-12-8-6-11(16)7-9-12/h2-9,18H,10H2,1H3,(H,17,19). The number of benzene rings is 2. The normalized spacial score (nSPS) is 10.9. The number of halogens is 1. The van der Waals surface area contributed by atoms with Crippen molar-refractivity contribution in [3.05, 3.63) is 53.0 Å². The minimum absolute atomic E-state index is 0.186. The molecule has 23 heavy (non-hydrogen) atoms. The highest BCUT2D eigenvalue weighted by Crippen LogP contribution is 2.22. The van der Waals surface area contributed by atoms with Gasteiger partial charge in [0, 0.05) is 4.47 Å². The van der Waals surface area contributed by atoms with Crippen LogP contribution >= 0.6 is 15.9 Å². The minimum atomic E-state index is -3.43. The van der Waals surface area contributed by atoms with Gasteiger partial charge in [-0.05, 0) is 36.4 Å². The molecule has 0 unspecified atom stereocenters. The lowest BCUT2D eigenvalue weighted by Crippen LogP contribution is -2.21. The molecule has 2 rings (SSSR count). The number of carbonyl (C=O) groups excluding carboxylic acids is 1. The van der Waals surface area contributed by atoms with Crippen LogP contribution in [-0.2, 0) is 14.8 Å². The number of nitrogens with one attached hydrogen (secondary N) is 2. The molecule has 0 atom stereocenters. The minimum Gasteiger partial charge on any atom is -0.484 e. The molecule has 0 bridgehead atoms. The second-order valence-electron chi connectivity index (χ2n) is 4.71. The number of rotatable bonds is 6. The first-order valence-corrected chi connectivity index (χ1v) is 9.27. The predicted molar refractivity (Wildman–Crippen MR) is 93.2 cm³/mol. The van der Waals surface area contributed by atoms with E-state index in [2.05, 4.69) is 26.0 Å². The number of anilines is 2. The number of carbonyl (C=O) groups is 1. The molecule has 0 aliphatic heterocycles. The molecule has 0 aliphatic carbocycles. The van der Waals surface area contributed by atoms with Crippen LogP contribution in [0.5, 0.6) is 5.75 Å². The van der Waals surface area contributed by atoms with Gasteiger partial charge in [-0.2, -0.15) is 0 Å². The summed E-state index contributed by atoms with van der Waals surface area (Å²) >= 11 is 3.31. The Labute approximate surface area is 143 Å². The van der Waals surface area contributed by atoms with Crippen molar-refractivity contribution >= 4 is 43.2 Å². The summed E-state index contributed by atoms with van der Waals surface area (Å²) < 4.78 is 31.3. The first kappa shape index (κ1) is 17.3. The SMILES string of the molecule is CS(=O)(=O)Nc1ccccc1NC(=O)COc1ccc(Br)cc1. The fourth-order valence-electron chi connectivity index (χ4n) is 1.75. The van der Waals surface area contributed by atoms with E-state index in [1.165, 1.54) is 0 Å². The zero-order chi connectivity index (χ0) is 16.9. The Kier molecular flexibility index (Phi) is 5.62. The molecule has 0 radical (unpaired) electrons. The molecular weight excluding hydrogens is 384 g/mol. The highest BCUT2D eigenvalue weighted by atomic mass is 79.9. The Hall–Kier alpha value is -2.06. The lowest BCUT2D eigenvalue weighted by molar-refractivity contribution is -0.118. The molecule has 6 nitrogen and oxygen atoms in total. The van der Waals surface area contributed by atoms with Gasteiger partial charge in [-0.1, -0.05) is 28.1 Å². The van der Waals surface area contributed by atoms with Crippen molar-refractivity contribution in [2.24, 2.45) is 0 Å². The van der Waals surface area contributed by atoms with Crippen LogP contribution in [0.15, 0.2) is 53.0 Å². The Bertz CT molecular complexity index is 791. The van der Waals surface area contributed by atoms with Gasteiger partial charge in [0.2, 0.25) is 10.0 Å². The molecule has 0 saturated heterocycles. The van der Waals surface area contributed by atoms with Crippen molar-refractivity contribution in [3.8, 4) is 5.75 Å². The van der Waals surface area contributed by atoms with Gasteiger partial charge < -0.3 is 10.1 Å². The van der Waals surface area contributed by atoms with Crippen LogP contribution in [-0.4, -0.2) is 27.2 Å². The number of ether oxygens (including phenoxy) is 1. The van der Waals surface area contributed by atoms with E-state index in [0.29, 0.717) is 17.1 Å². The van der Waals surface area contributed by atoms with Gasteiger partial charge in [0.05, 0.1) is 17.6 Å². The van der Waals surface area contributed by atoms with Crippen LogP contribution in [0.2, 0.25) is 0 Å². The molecule has 0 spiro atoms. The van der Waals surface area contributed by atoms with E-state index >= 15 is 0 Å². The number of para-hydroxylation sites is 2. The summed E-state index contributed by atoms with van der Waals surface area (Å²) in [7, 11) is -3.43. The maximum Gasteiger partial charge on any atom is 0.262 e. The molecule has 0 aliphatic rings. The van der Waals surface area contributed by atoms with E-state index in [1.807, 2.05) is 0 Å². The summed E-state index contributed by atoms with van der Waals surface area (Å²) in [5, 5.41) is 2.61. The fourth-order valence-corrected chi connectivity index (χ4v) is 2.59. The molecule has 0 fully saturated rings. The summed E-state index contributed by atoms with van der Waals surface area (Å²) in [5.74, 6) is 0.168. The lowest BCUT2D eigenvalue weighted by Gasteiger charge is -2.12. The van der Waals surface area contributed by atoms with Gasteiger partial charge in [0.1, 0.15) is 5.75 Å². The van der Waals surface area contributed by atoms with Crippen LogP contribution in [0.1, 0.15) is 0 Å². The zero-order valence-electron chi connectivity index (χ0n) is 12.2. The van der Waals surface area contributed by atoms with Crippen molar-refractivity contribution in [1.29, 1.82) is 0 Å². The third-order valence-corrected chi connectivity index (χ3v) is 3.80. The van der Waals surface area contributed by atoms with Crippen molar-refractivity contribution in [3.63, 3.8) is 0 Å². The Morgan fingerprint density at radius 1 is 1.09 bits per heavy atom. The van der Waals surface area contributed by atoms with Gasteiger partial charge in [-0.25, -0.2) is 8.42 Å².